The third kappa shape index (κ3) is 4.32. The molecule has 3 aromatic rings. The van der Waals surface area contributed by atoms with E-state index in [1.807, 2.05) is 0 Å². The predicted molar refractivity (Wildman–Crippen MR) is 119 cm³/mol. The van der Waals surface area contributed by atoms with Crippen LogP contribution in [0.1, 0.15) is 0 Å². The Labute approximate surface area is 192 Å². The summed E-state index contributed by atoms with van der Waals surface area (Å²) in [4.78, 5) is 49.6. The van der Waals surface area contributed by atoms with Gasteiger partial charge in [0.05, 0.1) is 12.7 Å². The minimum absolute atomic E-state index is 0.0644. The Morgan fingerprint density at radius 2 is 2.09 bits per heavy atom. The first kappa shape index (κ1) is 21.6. The lowest BCUT2D eigenvalue weighted by molar-refractivity contribution is -0.118. The van der Waals surface area contributed by atoms with Crippen LogP contribution in [0.15, 0.2) is 35.3 Å². The summed E-state index contributed by atoms with van der Waals surface area (Å²) in [6.07, 6.45) is 0.355. The van der Waals surface area contributed by atoms with Gasteiger partial charge in [0.2, 0.25) is 5.88 Å². The Kier molecular flexibility index (Phi) is 5.67. The van der Waals surface area contributed by atoms with Gasteiger partial charge >= 0.3 is 6.09 Å². The van der Waals surface area contributed by atoms with Crippen molar-refractivity contribution in [3.05, 3.63) is 40.8 Å². The fourth-order valence-corrected chi connectivity index (χ4v) is 3.58. The summed E-state index contributed by atoms with van der Waals surface area (Å²) in [5.74, 6) is 1.17. The molecule has 13 nitrogen and oxygen atoms in total. The quantitative estimate of drug-likeness (QED) is 0.456. The molecule has 0 spiro atoms. The van der Waals surface area contributed by atoms with Gasteiger partial charge in [-0.25, -0.2) is 14.8 Å². The summed E-state index contributed by atoms with van der Waals surface area (Å²) >= 11 is 0. The van der Waals surface area contributed by atoms with E-state index in [2.05, 4.69) is 25.6 Å². The zero-order valence-electron chi connectivity index (χ0n) is 18.2. The van der Waals surface area contributed by atoms with Gasteiger partial charge in [-0.15, -0.1) is 0 Å². The molecule has 5 rings (SSSR count). The molecule has 0 aromatic carbocycles. The summed E-state index contributed by atoms with van der Waals surface area (Å²) in [6.45, 7) is 1.47. The van der Waals surface area contributed by atoms with E-state index in [1.54, 1.807) is 31.3 Å². The van der Waals surface area contributed by atoms with Crippen molar-refractivity contribution >= 4 is 34.8 Å². The number of nitrogens with zero attached hydrogens (tertiary/aromatic N) is 5. The molecule has 2 N–H and O–H groups in total. The Balaban J connectivity index is 1.11. The number of fused-ring (bicyclic) bond motifs is 2. The number of amides is 2. The van der Waals surface area contributed by atoms with E-state index in [1.165, 1.54) is 15.7 Å². The molecule has 0 radical (unpaired) electrons. The van der Waals surface area contributed by atoms with Crippen LogP contribution in [0.3, 0.4) is 0 Å². The first-order valence-electron chi connectivity index (χ1n) is 10.6. The second kappa shape index (κ2) is 8.94. The van der Waals surface area contributed by atoms with E-state index >= 15 is 0 Å². The van der Waals surface area contributed by atoms with Crippen LogP contribution in [0, 0.1) is 0 Å². The lowest BCUT2D eigenvalue weighted by atomic mass is 10.3. The number of hydrogen-bond donors (Lipinski definition) is 2. The molecule has 0 aliphatic carbocycles. The van der Waals surface area contributed by atoms with Gasteiger partial charge in [0.15, 0.2) is 23.8 Å². The van der Waals surface area contributed by atoms with E-state index in [0.717, 1.165) is 0 Å². The predicted octanol–water partition coefficient (Wildman–Crippen LogP) is 0.0482. The SMILES string of the molecule is Cn1c(=O)cnc2ccc(OCCNC[C@H]3CN(c4ccc5c(n4)NC(=O)CO5)C(=O)O3)nc21. The van der Waals surface area contributed by atoms with Gasteiger partial charge in [0.1, 0.15) is 24.0 Å². The van der Waals surface area contributed by atoms with Crippen molar-refractivity contribution in [1.82, 2.24) is 24.8 Å². The maximum atomic E-state index is 12.3. The minimum Gasteiger partial charge on any atom is -0.480 e. The van der Waals surface area contributed by atoms with Gasteiger partial charge in [-0.1, -0.05) is 0 Å². The van der Waals surface area contributed by atoms with Gasteiger partial charge < -0.3 is 24.8 Å². The van der Waals surface area contributed by atoms with Crippen LogP contribution in [-0.4, -0.2) is 70.5 Å². The lowest BCUT2D eigenvalue weighted by Gasteiger charge is -2.19. The van der Waals surface area contributed by atoms with E-state index in [0.29, 0.717) is 54.9 Å². The number of nitrogens with one attached hydrogen (secondary N) is 2. The lowest BCUT2D eigenvalue weighted by Crippen LogP contribution is -2.33. The van der Waals surface area contributed by atoms with Crippen LogP contribution in [0.2, 0.25) is 0 Å². The zero-order chi connectivity index (χ0) is 23.7. The van der Waals surface area contributed by atoms with Crippen molar-refractivity contribution in [2.24, 2.45) is 7.05 Å². The van der Waals surface area contributed by atoms with E-state index in [-0.39, 0.29) is 30.0 Å². The Bertz CT molecular complexity index is 1330. The summed E-state index contributed by atoms with van der Waals surface area (Å²) < 4.78 is 17.8. The van der Waals surface area contributed by atoms with Gasteiger partial charge in [-0.3, -0.25) is 19.1 Å². The topological polar surface area (TPSA) is 150 Å². The molecule has 13 heteroatoms. The maximum Gasteiger partial charge on any atom is 0.416 e. The van der Waals surface area contributed by atoms with Crippen molar-refractivity contribution in [2.75, 3.05) is 43.1 Å². The summed E-state index contributed by atoms with van der Waals surface area (Å²) in [5.41, 5.74) is 0.795. The number of carbonyl (C=O) groups is 2. The second-order valence-corrected chi connectivity index (χ2v) is 7.67. The average molecular weight is 467 g/mol. The summed E-state index contributed by atoms with van der Waals surface area (Å²) in [6, 6.07) is 6.73. The van der Waals surface area contributed by atoms with Crippen molar-refractivity contribution in [3.8, 4) is 11.6 Å². The molecule has 0 saturated carbocycles. The largest absolute Gasteiger partial charge is 0.480 e. The van der Waals surface area contributed by atoms with Crippen LogP contribution >= 0.6 is 0 Å². The molecule has 0 bridgehead atoms. The fraction of sp³-hybridized carbons (Fsp3) is 0.333. The Hall–Kier alpha value is -4.26. The Morgan fingerprint density at radius 1 is 1.21 bits per heavy atom. The molecule has 2 aliphatic heterocycles. The highest BCUT2D eigenvalue weighted by atomic mass is 16.6. The molecule has 1 fully saturated rings. The molecule has 0 unspecified atom stereocenters. The molecule has 1 atom stereocenters. The molecule has 2 amide bonds. The van der Waals surface area contributed by atoms with Crippen LogP contribution in [0.4, 0.5) is 16.4 Å². The van der Waals surface area contributed by atoms with E-state index < -0.39 is 6.09 Å². The van der Waals surface area contributed by atoms with Gasteiger partial charge in [0.25, 0.3) is 11.5 Å². The van der Waals surface area contributed by atoms with Crippen LogP contribution in [-0.2, 0) is 16.6 Å². The van der Waals surface area contributed by atoms with Crippen molar-refractivity contribution in [2.45, 2.75) is 6.10 Å². The van der Waals surface area contributed by atoms with Gasteiger partial charge in [0, 0.05) is 26.2 Å². The number of pyridine rings is 2. The number of aromatic nitrogens is 4. The smallest absolute Gasteiger partial charge is 0.416 e. The van der Waals surface area contributed by atoms with Crippen LogP contribution in [0.25, 0.3) is 11.2 Å². The number of anilines is 2. The van der Waals surface area contributed by atoms with Crippen LogP contribution < -0.4 is 30.6 Å². The van der Waals surface area contributed by atoms with Gasteiger partial charge in [-0.05, 0) is 18.2 Å². The van der Waals surface area contributed by atoms with Crippen molar-refractivity contribution < 1.29 is 23.8 Å². The van der Waals surface area contributed by atoms with E-state index in [9.17, 15) is 14.4 Å². The number of cyclic esters (lactones) is 1. The van der Waals surface area contributed by atoms with Crippen LogP contribution in [0.5, 0.6) is 11.6 Å². The number of ether oxygens (including phenoxy) is 3. The van der Waals surface area contributed by atoms with Gasteiger partial charge in [-0.2, -0.15) is 4.98 Å². The molecule has 1 saturated heterocycles. The normalized spacial score (nSPS) is 17.2. The molecule has 34 heavy (non-hydrogen) atoms. The standard InChI is InChI=1S/C21H21N7O6/c1-27-18(30)9-23-13-2-5-17(26-20(13)27)32-7-6-22-8-12-10-28(21(31)34-12)15-4-3-14-19(24-15)25-16(29)11-33-14/h2-5,9,12,22H,6-8,10-11H2,1H3,(H,24,25,29)/t12-/m0/s1. The molecule has 2 aliphatic rings. The molecule has 5 heterocycles. The first-order valence-corrected chi connectivity index (χ1v) is 10.6. The third-order valence-corrected chi connectivity index (χ3v) is 5.30. The molecular formula is C21H21N7O6. The van der Waals surface area contributed by atoms with Crippen molar-refractivity contribution in [3.63, 3.8) is 0 Å². The monoisotopic (exact) mass is 467 g/mol. The number of hydrogen-bond acceptors (Lipinski definition) is 10. The highest BCUT2D eigenvalue weighted by molar-refractivity contribution is 5.95. The molecular weight excluding hydrogens is 446 g/mol. The highest BCUT2D eigenvalue weighted by Gasteiger charge is 2.33. The average Bonchev–Trinajstić information content (AvgIpc) is 3.21. The summed E-state index contributed by atoms with van der Waals surface area (Å²) in [7, 11) is 1.63. The Morgan fingerprint density at radius 3 is 2.97 bits per heavy atom. The summed E-state index contributed by atoms with van der Waals surface area (Å²) in [5, 5.41) is 5.80. The molecule has 176 valence electrons. The fourth-order valence-electron chi connectivity index (χ4n) is 3.58. The highest BCUT2D eigenvalue weighted by Crippen LogP contribution is 2.29. The van der Waals surface area contributed by atoms with Crippen molar-refractivity contribution in [1.29, 1.82) is 0 Å². The maximum absolute atomic E-state index is 12.3. The minimum atomic E-state index is -0.516. The second-order valence-electron chi connectivity index (χ2n) is 7.67. The number of aryl methyl sites for hydroxylation is 1. The zero-order valence-corrected chi connectivity index (χ0v) is 18.2. The molecule has 3 aromatic heterocycles. The number of carbonyl (C=O) groups excluding carboxylic acids is 2. The van der Waals surface area contributed by atoms with E-state index in [4.69, 9.17) is 14.2 Å². The first-order chi connectivity index (χ1) is 16.5. The number of rotatable bonds is 7. The third-order valence-electron chi connectivity index (χ3n) is 5.30.